The number of halogens is 2. The molecule has 4 nitrogen and oxygen atoms in total. The molecule has 2 heterocycles. The molecule has 0 saturated carbocycles. The maximum Gasteiger partial charge on any atom is 0.231 e. The Morgan fingerprint density at radius 3 is 2.83 bits per heavy atom. The summed E-state index contributed by atoms with van der Waals surface area (Å²) in [5.74, 6) is 0.710. The third-order valence-electron chi connectivity index (χ3n) is 3.90. The molecule has 0 radical (unpaired) electrons. The minimum absolute atomic E-state index is 0.120. The fourth-order valence-corrected chi connectivity index (χ4v) is 3.05. The molecule has 0 saturated heterocycles. The summed E-state index contributed by atoms with van der Waals surface area (Å²) in [5.41, 5.74) is 1.47. The zero-order valence-corrected chi connectivity index (χ0v) is 13.2. The number of Topliss-reactive ketones (excluding diaryl/α,β-unsaturated/α-hetero) is 1. The van der Waals surface area contributed by atoms with E-state index in [1.165, 1.54) is 18.2 Å². The lowest BCUT2D eigenvalue weighted by Gasteiger charge is -2.05. The number of ketones is 1. The summed E-state index contributed by atoms with van der Waals surface area (Å²) in [6.45, 7) is 0.461. The van der Waals surface area contributed by atoms with Crippen LogP contribution in [0.25, 0.3) is 6.08 Å². The van der Waals surface area contributed by atoms with Crippen molar-refractivity contribution in [3.8, 4) is 17.2 Å². The SMILES string of the molecule is O=C1/C(=C\c2cc(Cl)c3c(c2)OCO3)CCOc2ccc(F)cc21. The van der Waals surface area contributed by atoms with E-state index in [2.05, 4.69) is 0 Å². The van der Waals surface area contributed by atoms with Gasteiger partial charge < -0.3 is 14.2 Å². The fraction of sp³-hybridized carbons (Fsp3) is 0.167. The Kier molecular flexibility index (Phi) is 3.65. The first kappa shape index (κ1) is 15.0. The second-order valence-electron chi connectivity index (χ2n) is 5.47. The van der Waals surface area contributed by atoms with Gasteiger partial charge in [-0.2, -0.15) is 0 Å². The van der Waals surface area contributed by atoms with Crippen LogP contribution in [0.4, 0.5) is 4.39 Å². The Hall–Kier alpha value is -2.53. The highest BCUT2D eigenvalue weighted by Gasteiger charge is 2.23. The van der Waals surface area contributed by atoms with Crippen LogP contribution in [0.2, 0.25) is 5.02 Å². The van der Waals surface area contributed by atoms with Crippen LogP contribution < -0.4 is 14.2 Å². The molecule has 24 heavy (non-hydrogen) atoms. The first-order chi connectivity index (χ1) is 11.6. The van der Waals surface area contributed by atoms with Crippen molar-refractivity contribution in [3.05, 3.63) is 57.9 Å². The van der Waals surface area contributed by atoms with E-state index in [4.69, 9.17) is 25.8 Å². The molecule has 0 spiro atoms. The van der Waals surface area contributed by atoms with E-state index in [9.17, 15) is 9.18 Å². The van der Waals surface area contributed by atoms with Gasteiger partial charge in [0.25, 0.3) is 0 Å². The summed E-state index contributed by atoms with van der Waals surface area (Å²) in [4.78, 5) is 12.7. The summed E-state index contributed by atoms with van der Waals surface area (Å²) in [7, 11) is 0. The van der Waals surface area contributed by atoms with Gasteiger partial charge in [0, 0.05) is 12.0 Å². The fourth-order valence-electron chi connectivity index (χ4n) is 2.77. The van der Waals surface area contributed by atoms with Crippen molar-refractivity contribution < 1.29 is 23.4 Å². The summed E-state index contributed by atoms with van der Waals surface area (Å²) in [6.07, 6.45) is 2.14. The lowest BCUT2D eigenvalue weighted by atomic mass is 9.99. The van der Waals surface area contributed by atoms with Crippen LogP contribution >= 0.6 is 11.6 Å². The molecule has 0 fully saturated rings. The Morgan fingerprint density at radius 1 is 1.08 bits per heavy atom. The van der Waals surface area contributed by atoms with Crippen molar-refractivity contribution in [1.29, 1.82) is 0 Å². The number of rotatable bonds is 1. The van der Waals surface area contributed by atoms with E-state index in [0.717, 1.165) is 0 Å². The van der Waals surface area contributed by atoms with Gasteiger partial charge in [0.1, 0.15) is 11.6 Å². The lowest BCUT2D eigenvalue weighted by Crippen LogP contribution is -2.02. The minimum atomic E-state index is -0.474. The van der Waals surface area contributed by atoms with Gasteiger partial charge in [0.05, 0.1) is 17.2 Å². The Bertz CT molecular complexity index is 876. The maximum absolute atomic E-state index is 13.5. The molecule has 0 N–H and O–H groups in total. The molecule has 2 aromatic carbocycles. The van der Waals surface area contributed by atoms with Crippen LogP contribution in [0.3, 0.4) is 0 Å². The van der Waals surface area contributed by atoms with Gasteiger partial charge in [0.15, 0.2) is 17.3 Å². The third kappa shape index (κ3) is 2.61. The predicted octanol–water partition coefficient (Wildman–Crippen LogP) is 4.26. The average Bonchev–Trinajstić information content (AvgIpc) is 2.98. The van der Waals surface area contributed by atoms with Gasteiger partial charge in [-0.25, -0.2) is 4.39 Å². The Labute approximate surface area is 142 Å². The van der Waals surface area contributed by atoms with Crippen LogP contribution in [0, 0.1) is 5.82 Å². The van der Waals surface area contributed by atoms with Crippen LogP contribution in [0.5, 0.6) is 17.2 Å². The van der Waals surface area contributed by atoms with E-state index in [1.54, 1.807) is 18.2 Å². The number of ether oxygens (including phenoxy) is 3. The molecule has 2 aromatic rings. The van der Waals surface area contributed by atoms with E-state index < -0.39 is 5.82 Å². The Balaban J connectivity index is 1.75. The molecule has 0 atom stereocenters. The standard InChI is InChI=1S/C18H12ClFO4/c19-14-6-10(7-16-18(14)24-9-23-16)5-11-3-4-22-15-2-1-12(20)8-13(15)17(11)21/h1-2,5-8H,3-4,9H2/b11-5-. The van der Waals surface area contributed by atoms with Crippen molar-refractivity contribution in [3.63, 3.8) is 0 Å². The number of carbonyl (C=O) groups is 1. The number of benzene rings is 2. The zero-order chi connectivity index (χ0) is 16.7. The molecule has 0 aliphatic carbocycles. The average molecular weight is 347 g/mol. The summed E-state index contributed by atoms with van der Waals surface area (Å²) in [6, 6.07) is 7.41. The molecular formula is C18H12ClFO4. The van der Waals surface area contributed by atoms with Crippen molar-refractivity contribution >= 4 is 23.5 Å². The van der Waals surface area contributed by atoms with Crippen LogP contribution in [0.1, 0.15) is 22.3 Å². The normalized spacial score (nSPS) is 17.4. The highest BCUT2D eigenvalue weighted by Crippen LogP contribution is 2.40. The first-order valence-electron chi connectivity index (χ1n) is 7.38. The molecule has 2 aliphatic rings. The molecule has 6 heteroatoms. The molecular weight excluding hydrogens is 335 g/mol. The van der Waals surface area contributed by atoms with Crippen molar-refractivity contribution in [2.45, 2.75) is 6.42 Å². The number of carbonyl (C=O) groups excluding carboxylic acids is 1. The van der Waals surface area contributed by atoms with E-state index in [1.807, 2.05) is 0 Å². The molecule has 2 aliphatic heterocycles. The lowest BCUT2D eigenvalue weighted by molar-refractivity contribution is 0.103. The smallest absolute Gasteiger partial charge is 0.231 e. The van der Waals surface area contributed by atoms with Crippen LogP contribution in [0.15, 0.2) is 35.9 Å². The van der Waals surface area contributed by atoms with Gasteiger partial charge in [-0.05, 0) is 42.0 Å². The van der Waals surface area contributed by atoms with Gasteiger partial charge >= 0.3 is 0 Å². The van der Waals surface area contributed by atoms with E-state index in [-0.39, 0.29) is 18.1 Å². The Morgan fingerprint density at radius 2 is 1.96 bits per heavy atom. The maximum atomic E-state index is 13.5. The zero-order valence-electron chi connectivity index (χ0n) is 12.5. The molecule has 0 amide bonds. The largest absolute Gasteiger partial charge is 0.492 e. The number of hydrogen-bond donors (Lipinski definition) is 0. The topological polar surface area (TPSA) is 44.8 Å². The molecule has 4 rings (SSSR count). The monoisotopic (exact) mass is 346 g/mol. The minimum Gasteiger partial charge on any atom is -0.492 e. The molecule has 0 aromatic heterocycles. The second kappa shape index (κ2) is 5.83. The molecule has 122 valence electrons. The van der Waals surface area contributed by atoms with Gasteiger partial charge in [-0.3, -0.25) is 4.79 Å². The summed E-state index contributed by atoms with van der Waals surface area (Å²) < 4.78 is 29.6. The highest BCUT2D eigenvalue weighted by atomic mass is 35.5. The quantitative estimate of drug-likeness (QED) is 0.724. The van der Waals surface area contributed by atoms with Gasteiger partial charge in [-0.1, -0.05) is 11.6 Å². The van der Waals surface area contributed by atoms with Crippen LogP contribution in [-0.4, -0.2) is 19.2 Å². The van der Waals surface area contributed by atoms with Crippen LogP contribution in [-0.2, 0) is 0 Å². The predicted molar refractivity (Wildman–Crippen MR) is 86.4 cm³/mol. The van der Waals surface area contributed by atoms with Crippen molar-refractivity contribution in [2.24, 2.45) is 0 Å². The number of fused-ring (bicyclic) bond motifs is 2. The van der Waals surface area contributed by atoms with E-state index in [0.29, 0.717) is 46.4 Å². The molecule has 0 bridgehead atoms. The van der Waals surface area contributed by atoms with Gasteiger partial charge in [-0.15, -0.1) is 0 Å². The third-order valence-corrected chi connectivity index (χ3v) is 4.18. The number of hydrogen-bond acceptors (Lipinski definition) is 4. The summed E-state index contributed by atoms with van der Waals surface area (Å²) >= 11 is 6.17. The highest BCUT2D eigenvalue weighted by molar-refractivity contribution is 6.32. The second-order valence-corrected chi connectivity index (χ2v) is 5.88. The van der Waals surface area contributed by atoms with E-state index >= 15 is 0 Å². The first-order valence-corrected chi connectivity index (χ1v) is 7.76. The molecule has 0 unspecified atom stereocenters. The van der Waals surface area contributed by atoms with Crippen molar-refractivity contribution in [2.75, 3.05) is 13.4 Å². The van der Waals surface area contributed by atoms with Crippen molar-refractivity contribution in [1.82, 2.24) is 0 Å². The van der Waals surface area contributed by atoms with Gasteiger partial charge in [0.2, 0.25) is 6.79 Å². The summed E-state index contributed by atoms with van der Waals surface area (Å²) in [5, 5.41) is 0.417.